The second-order valence-corrected chi connectivity index (χ2v) is 8.49. The van der Waals surface area contributed by atoms with E-state index in [2.05, 4.69) is 68.7 Å². The van der Waals surface area contributed by atoms with Crippen LogP contribution in [-0.2, 0) is 13.0 Å². The molecule has 4 aromatic rings. The Morgan fingerprint density at radius 3 is 2.73 bits per heavy atom. The van der Waals surface area contributed by atoms with E-state index in [9.17, 15) is 0 Å². The van der Waals surface area contributed by atoms with Crippen molar-refractivity contribution in [3.8, 4) is 0 Å². The number of allylic oxidation sites excluding steroid dienone is 1. The zero-order valence-corrected chi connectivity index (χ0v) is 17.9. The van der Waals surface area contributed by atoms with Crippen LogP contribution < -0.4 is 4.90 Å². The number of halogens is 1. The number of rotatable bonds is 6. The quantitative estimate of drug-likeness (QED) is 0.428. The van der Waals surface area contributed by atoms with Crippen molar-refractivity contribution in [3.05, 3.63) is 78.1 Å². The second-order valence-electron chi connectivity index (χ2n) is 8.05. The van der Waals surface area contributed by atoms with Gasteiger partial charge in [0.2, 0.25) is 0 Å². The molecule has 1 aliphatic rings. The van der Waals surface area contributed by atoms with Crippen molar-refractivity contribution in [2.24, 2.45) is 0 Å². The molecule has 1 aliphatic heterocycles. The van der Waals surface area contributed by atoms with Gasteiger partial charge in [-0.3, -0.25) is 4.90 Å². The molecule has 0 radical (unpaired) electrons. The number of nitrogens with zero attached hydrogens (tertiary/aromatic N) is 3. The zero-order chi connectivity index (χ0) is 20.5. The van der Waals surface area contributed by atoms with E-state index >= 15 is 0 Å². The van der Waals surface area contributed by atoms with Gasteiger partial charge in [-0.1, -0.05) is 29.8 Å². The standard InChI is InChI=1S/C25H27ClN4/c1-2-10-29-12-9-22-24(29)4-3-5-25(22)30-15-13-28(14-16-30)11-8-19-18-27-23-17-20(26)6-7-21(19)23/h2-7,9,12,17-18,27H,1,8,10-11,13-16H2. The van der Waals surface area contributed by atoms with Crippen LogP contribution in [0.15, 0.2) is 67.5 Å². The van der Waals surface area contributed by atoms with Crippen molar-refractivity contribution < 1.29 is 0 Å². The molecule has 3 heterocycles. The predicted octanol–water partition coefficient (Wildman–Crippen LogP) is 5.33. The minimum atomic E-state index is 0.780. The summed E-state index contributed by atoms with van der Waals surface area (Å²) in [6.07, 6.45) is 7.31. The van der Waals surface area contributed by atoms with E-state index in [1.54, 1.807) is 0 Å². The molecule has 1 N–H and O–H groups in total. The Balaban J connectivity index is 1.23. The molecule has 0 spiro atoms. The molecular formula is C25H27ClN4. The Morgan fingerprint density at radius 1 is 1.03 bits per heavy atom. The molecule has 0 unspecified atom stereocenters. The molecule has 4 nitrogen and oxygen atoms in total. The van der Waals surface area contributed by atoms with Gasteiger partial charge in [0.05, 0.1) is 5.52 Å². The van der Waals surface area contributed by atoms with Crippen LogP contribution >= 0.6 is 11.6 Å². The van der Waals surface area contributed by atoms with Crippen LogP contribution in [0, 0.1) is 0 Å². The first-order valence-electron chi connectivity index (χ1n) is 10.6. The second kappa shape index (κ2) is 8.21. The van der Waals surface area contributed by atoms with Crippen molar-refractivity contribution in [1.29, 1.82) is 0 Å². The van der Waals surface area contributed by atoms with Crippen LogP contribution in [0.25, 0.3) is 21.8 Å². The molecule has 154 valence electrons. The molecule has 0 atom stereocenters. The lowest BCUT2D eigenvalue weighted by molar-refractivity contribution is 0.261. The van der Waals surface area contributed by atoms with E-state index in [0.29, 0.717) is 0 Å². The van der Waals surface area contributed by atoms with Crippen LogP contribution in [-0.4, -0.2) is 47.2 Å². The Morgan fingerprint density at radius 2 is 1.90 bits per heavy atom. The number of piperazine rings is 1. The van der Waals surface area contributed by atoms with Crippen LogP contribution in [0.3, 0.4) is 0 Å². The van der Waals surface area contributed by atoms with Gasteiger partial charge in [0.15, 0.2) is 0 Å². The smallest absolute Gasteiger partial charge is 0.0504 e. The molecule has 0 bridgehead atoms. The van der Waals surface area contributed by atoms with Gasteiger partial charge in [-0.05, 0) is 42.3 Å². The number of benzene rings is 2. The third kappa shape index (κ3) is 3.62. The first kappa shape index (κ1) is 19.3. The van der Waals surface area contributed by atoms with Crippen molar-refractivity contribution >= 4 is 39.1 Å². The van der Waals surface area contributed by atoms with Crippen molar-refractivity contribution in [1.82, 2.24) is 14.5 Å². The Kier molecular flexibility index (Phi) is 5.28. The summed E-state index contributed by atoms with van der Waals surface area (Å²) in [6.45, 7) is 10.1. The molecule has 0 aliphatic carbocycles. The van der Waals surface area contributed by atoms with Gasteiger partial charge in [-0.25, -0.2) is 0 Å². The molecule has 0 amide bonds. The molecule has 30 heavy (non-hydrogen) atoms. The number of anilines is 1. The maximum Gasteiger partial charge on any atom is 0.0504 e. The van der Waals surface area contributed by atoms with Gasteiger partial charge in [0, 0.05) is 78.7 Å². The van der Waals surface area contributed by atoms with Crippen LogP contribution in [0.5, 0.6) is 0 Å². The van der Waals surface area contributed by atoms with Crippen molar-refractivity contribution in [3.63, 3.8) is 0 Å². The third-order valence-corrected chi connectivity index (χ3v) is 6.49. The third-order valence-electron chi connectivity index (χ3n) is 6.26. The van der Waals surface area contributed by atoms with Crippen molar-refractivity contribution in [2.75, 3.05) is 37.6 Å². The maximum absolute atomic E-state index is 6.11. The summed E-state index contributed by atoms with van der Waals surface area (Å²) in [5.41, 5.74) is 5.13. The fourth-order valence-corrected chi connectivity index (χ4v) is 4.81. The average Bonchev–Trinajstić information content (AvgIpc) is 3.37. The molecule has 2 aromatic heterocycles. The van der Waals surface area contributed by atoms with Crippen LogP contribution in [0.4, 0.5) is 5.69 Å². The summed E-state index contributed by atoms with van der Waals surface area (Å²) >= 11 is 6.11. The number of nitrogens with one attached hydrogen (secondary N) is 1. The summed E-state index contributed by atoms with van der Waals surface area (Å²) in [4.78, 5) is 8.46. The van der Waals surface area contributed by atoms with E-state index in [4.69, 9.17) is 11.6 Å². The van der Waals surface area contributed by atoms with Crippen LogP contribution in [0.1, 0.15) is 5.56 Å². The van der Waals surface area contributed by atoms with Gasteiger partial charge in [-0.15, -0.1) is 6.58 Å². The maximum atomic E-state index is 6.11. The summed E-state index contributed by atoms with van der Waals surface area (Å²) in [6, 6.07) is 15.0. The van der Waals surface area contributed by atoms with E-state index < -0.39 is 0 Å². The number of aromatic amines is 1. The Bertz CT molecular complexity index is 1180. The molecule has 0 saturated carbocycles. The fraction of sp³-hybridized carbons (Fsp3) is 0.280. The zero-order valence-electron chi connectivity index (χ0n) is 17.1. The summed E-state index contributed by atoms with van der Waals surface area (Å²) in [5.74, 6) is 0. The van der Waals surface area contributed by atoms with Gasteiger partial charge >= 0.3 is 0 Å². The largest absolute Gasteiger partial charge is 0.368 e. The number of hydrogen-bond donors (Lipinski definition) is 1. The van der Waals surface area contributed by atoms with E-state index in [0.717, 1.165) is 56.2 Å². The SMILES string of the molecule is C=CCn1ccc2c(N3CCN(CCc4c[nH]c5cc(Cl)ccc45)CC3)cccc21. The normalized spacial score (nSPS) is 15.3. The monoisotopic (exact) mass is 418 g/mol. The number of fused-ring (bicyclic) bond motifs is 2. The van der Waals surface area contributed by atoms with Gasteiger partial charge in [0.25, 0.3) is 0 Å². The molecule has 5 heteroatoms. The molecule has 2 aromatic carbocycles. The summed E-state index contributed by atoms with van der Waals surface area (Å²) in [7, 11) is 0. The Hall–Kier alpha value is -2.69. The molecular weight excluding hydrogens is 392 g/mol. The van der Waals surface area contributed by atoms with E-state index in [1.165, 1.54) is 27.5 Å². The minimum Gasteiger partial charge on any atom is -0.368 e. The van der Waals surface area contributed by atoms with E-state index in [1.807, 2.05) is 18.2 Å². The van der Waals surface area contributed by atoms with Gasteiger partial charge < -0.3 is 14.5 Å². The highest BCUT2D eigenvalue weighted by Crippen LogP contribution is 2.29. The fourth-order valence-electron chi connectivity index (χ4n) is 4.64. The van der Waals surface area contributed by atoms with Gasteiger partial charge in [0.1, 0.15) is 0 Å². The van der Waals surface area contributed by atoms with Gasteiger partial charge in [-0.2, -0.15) is 0 Å². The lowest BCUT2D eigenvalue weighted by Gasteiger charge is -2.36. The minimum absolute atomic E-state index is 0.780. The van der Waals surface area contributed by atoms with E-state index in [-0.39, 0.29) is 0 Å². The molecule has 1 fully saturated rings. The predicted molar refractivity (Wildman–Crippen MR) is 128 cm³/mol. The first-order valence-corrected chi connectivity index (χ1v) is 11.0. The van der Waals surface area contributed by atoms with Crippen molar-refractivity contribution in [2.45, 2.75) is 13.0 Å². The van der Waals surface area contributed by atoms with Crippen LogP contribution in [0.2, 0.25) is 5.02 Å². The number of hydrogen-bond acceptors (Lipinski definition) is 2. The molecule has 1 saturated heterocycles. The number of aromatic nitrogens is 2. The highest BCUT2D eigenvalue weighted by atomic mass is 35.5. The topological polar surface area (TPSA) is 27.2 Å². The lowest BCUT2D eigenvalue weighted by atomic mass is 10.1. The summed E-state index contributed by atoms with van der Waals surface area (Å²) in [5, 5.41) is 3.40. The summed E-state index contributed by atoms with van der Waals surface area (Å²) < 4.78 is 2.26. The first-order chi connectivity index (χ1) is 14.7. The average molecular weight is 419 g/mol. The highest BCUT2D eigenvalue weighted by Gasteiger charge is 2.19. The highest BCUT2D eigenvalue weighted by molar-refractivity contribution is 6.31. The molecule has 5 rings (SSSR count). The lowest BCUT2D eigenvalue weighted by Crippen LogP contribution is -2.47. The number of H-pyrrole nitrogens is 1. The Labute approximate surface area is 182 Å².